The smallest absolute Gasteiger partial charge is 0.194 e. The summed E-state index contributed by atoms with van der Waals surface area (Å²) < 4.78 is 9.33. The highest BCUT2D eigenvalue weighted by Crippen LogP contribution is 2.39. The predicted molar refractivity (Wildman–Crippen MR) is 339 cm³/mol. The third-order valence-electron chi connectivity index (χ3n) is 17.2. The Morgan fingerprint density at radius 3 is 1.40 bits per heavy atom. The second kappa shape index (κ2) is 23.1. The third kappa shape index (κ3) is 10.5. The van der Waals surface area contributed by atoms with Gasteiger partial charge in [0.25, 0.3) is 0 Å². The summed E-state index contributed by atoms with van der Waals surface area (Å²) in [6.45, 7) is 15.0. The molecule has 4 nitrogen and oxygen atoms in total. The van der Waals surface area contributed by atoms with Crippen LogP contribution in [0.2, 0.25) is 0 Å². The molecule has 12 aromatic rings. The Morgan fingerprint density at radius 2 is 0.771 bits per heavy atom. The molecule has 0 spiro atoms. The molecule has 4 aliphatic heterocycles. The predicted octanol–water partition coefficient (Wildman–Crippen LogP) is 16.4. The molecule has 4 aromatic heterocycles. The van der Waals surface area contributed by atoms with E-state index in [9.17, 15) is 0 Å². The molecule has 1 aliphatic carbocycles. The summed E-state index contributed by atoms with van der Waals surface area (Å²) in [5, 5.41) is 0. The van der Waals surface area contributed by atoms with Gasteiger partial charge < -0.3 is 0 Å². The molecule has 0 amide bonds. The van der Waals surface area contributed by atoms with E-state index in [0.29, 0.717) is 0 Å². The van der Waals surface area contributed by atoms with E-state index >= 15 is 0 Å². The fraction of sp³-hybridized carbons (Fsp3) is 0.139. The van der Waals surface area contributed by atoms with Gasteiger partial charge in [0.05, 0.1) is 22.3 Å². The molecule has 0 atom stereocenters. The van der Waals surface area contributed by atoms with Crippen molar-refractivity contribution in [3.05, 3.63) is 323 Å². The standard InChI is InChI=1S/2C20H18N.C14H12.C13H12N.C12H10N/c1-14-6-5-7-15(2)20(14)17-10-11-19-18-9-4-3-8-16(18)12-21(19)13-17;1-2-15-12-20-18-11-7-6-10-17(18)13-21(20)14-19(15)16-8-4-3-5-9-16;1-10-5-4-7-12-9-11-6-2-3-8-13(11)14(10)12;1-10-5-6-12-11(8-10)9-14-7-3-2-4-13(12)14;1-2-6-11-10(5-1)9-13-8-4-3-7-12(11)13/h3-11,13H,12H2,1-2H3;3-12,14H,2,13H2,1H3;2*2-8H,9H2,1H3;1-8H,9H2/q2*+1;;2*+1. The van der Waals surface area contributed by atoms with Gasteiger partial charge in [-0.1, -0.05) is 164 Å². The fourth-order valence-corrected chi connectivity index (χ4v) is 13.2. The lowest BCUT2D eigenvalue weighted by atomic mass is 9.96. The van der Waals surface area contributed by atoms with Crippen molar-refractivity contribution in [2.75, 3.05) is 0 Å². The Labute approximate surface area is 490 Å². The van der Waals surface area contributed by atoms with Crippen LogP contribution in [0.5, 0.6) is 0 Å². The highest BCUT2D eigenvalue weighted by Gasteiger charge is 2.30. The van der Waals surface area contributed by atoms with Crippen LogP contribution in [0.3, 0.4) is 0 Å². The van der Waals surface area contributed by atoms with E-state index in [1.807, 2.05) is 0 Å². The Kier molecular flexibility index (Phi) is 14.7. The van der Waals surface area contributed by atoms with Gasteiger partial charge in [0.2, 0.25) is 22.8 Å². The van der Waals surface area contributed by atoms with Crippen LogP contribution in [0.1, 0.15) is 68.1 Å². The lowest BCUT2D eigenvalue weighted by Gasteiger charge is -2.08. The van der Waals surface area contributed by atoms with E-state index in [0.717, 1.165) is 39.0 Å². The summed E-state index contributed by atoms with van der Waals surface area (Å²) in [6.07, 6.45) is 11.1. The zero-order chi connectivity index (χ0) is 56.4. The van der Waals surface area contributed by atoms with Crippen molar-refractivity contribution in [3.63, 3.8) is 0 Å². The van der Waals surface area contributed by atoms with Gasteiger partial charge in [0.1, 0.15) is 0 Å². The van der Waals surface area contributed by atoms with Crippen molar-refractivity contribution in [2.45, 2.75) is 73.6 Å². The number of nitrogens with zero attached hydrogens (tertiary/aromatic N) is 4. The van der Waals surface area contributed by atoms with E-state index in [1.54, 1.807) is 0 Å². The first-order valence-corrected chi connectivity index (χ1v) is 29.5. The van der Waals surface area contributed by atoms with E-state index in [1.165, 1.54) is 140 Å². The van der Waals surface area contributed by atoms with Crippen LogP contribution in [0, 0.1) is 27.7 Å². The lowest BCUT2D eigenvalue weighted by molar-refractivity contribution is -0.672. The van der Waals surface area contributed by atoms with Gasteiger partial charge in [-0.2, -0.15) is 18.3 Å². The molecule has 402 valence electrons. The SMILES string of the molecule is CCc1cc2[n+](cc1-c1ccccc1)Cc1ccccc1-2.Cc1ccc2c(c1)C[n+]1ccccc1-2.Cc1cccc(C)c1-c1ccc2[n+](c1)Cc1ccccc1-2.Cc1cccc2c1-c1ccccc1C2.c1ccc2c(c1)C[n+]1ccccc1-2. The van der Waals surface area contributed by atoms with E-state index in [4.69, 9.17) is 0 Å². The summed E-state index contributed by atoms with van der Waals surface area (Å²) in [6, 6.07) is 84.8. The number of rotatable bonds is 3. The second-order valence-corrected chi connectivity index (χ2v) is 22.6. The van der Waals surface area contributed by atoms with Crippen molar-refractivity contribution >= 4 is 0 Å². The van der Waals surface area contributed by atoms with Crippen LogP contribution < -0.4 is 18.3 Å². The molecular weight excluding hydrogens is 1000 g/mol. The number of fused-ring (bicyclic) bond motifs is 15. The Hall–Kier alpha value is -9.64. The minimum Gasteiger partial charge on any atom is -0.194 e. The maximum Gasteiger partial charge on any atom is 0.213 e. The van der Waals surface area contributed by atoms with Crippen molar-refractivity contribution in [3.8, 4) is 78.4 Å². The summed E-state index contributed by atoms with van der Waals surface area (Å²) >= 11 is 0. The monoisotopic (exact) mass is 1070 g/mol. The van der Waals surface area contributed by atoms with Crippen molar-refractivity contribution in [1.29, 1.82) is 0 Å². The van der Waals surface area contributed by atoms with E-state index < -0.39 is 0 Å². The fourth-order valence-electron chi connectivity index (χ4n) is 13.2. The van der Waals surface area contributed by atoms with Crippen LogP contribution in [-0.4, -0.2) is 0 Å². The first-order chi connectivity index (χ1) is 40.8. The highest BCUT2D eigenvalue weighted by molar-refractivity contribution is 5.79. The zero-order valence-corrected chi connectivity index (χ0v) is 48.4. The molecular formula is C79H70N4+4. The number of aryl methyl sites for hydroxylation is 5. The first kappa shape index (κ1) is 52.7. The van der Waals surface area contributed by atoms with Gasteiger partial charge in [-0.05, 0) is 145 Å². The second-order valence-electron chi connectivity index (χ2n) is 22.6. The van der Waals surface area contributed by atoms with Crippen molar-refractivity contribution in [2.24, 2.45) is 0 Å². The van der Waals surface area contributed by atoms with Crippen molar-refractivity contribution in [1.82, 2.24) is 0 Å². The molecule has 0 saturated heterocycles. The van der Waals surface area contributed by atoms with E-state index in [-0.39, 0.29) is 0 Å². The number of benzene rings is 8. The average Bonchev–Trinajstić information content (AvgIpc) is 4.57. The lowest BCUT2D eigenvalue weighted by Crippen LogP contribution is -2.32. The largest absolute Gasteiger partial charge is 0.213 e. The van der Waals surface area contributed by atoms with Gasteiger partial charge in [-0.3, -0.25) is 0 Å². The molecule has 8 heterocycles. The molecule has 0 N–H and O–H groups in total. The zero-order valence-electron chi connectivity index (χ0n) is 48.4. The number of aromatic nitrogens is 4. The quantitative estimate of drug-likeness (QED) is 0.157. The maximum absolute atomic E-state index is 2.38. The molecule has 8 aromatic carbocycles. The number of pyridine rings is 4. The van der Waals surface area contributed by atoms with Crippen molar-refractivity contribution < 1.29 is 18.3 Å². The molecule has 0 unspecified atom stereocenters. The number of hydrogen-bond acceptors (Lipinski definition) is 0. The summed E-state index contributed by atoms with van der Waals surface area (Å²) in [5.74, 6) is 0. The molecule has 83 heavy (non-hydrogen) atoms. The Balaban J connectivity index is 0.0000000985. The minimum atomic E-state index is 0.976. The van der Waals surface area contributed by atoms with Gasteiger partial charge in [0, 0.05) is 69.8 Å². The summed E-state index contributed by atoms with van der Waals surface area (Å²) in [5.41, 5.74) is 34.6. The molecule has 0 radical (unpaired) electrons. The molecule has 0 saturated carbocycles. The molecule has 4 heteroatoms. The van der Waals surface area contributed by atoms with Crippen LogP contribution in [-0.2, 0) is 39.0 Å². The van der Waals surface area contributed by atoms with Gasteiger partial charge in [-0.15, -0.1) is 0 Å². The normalized spacial score (nSPS) is 12.2. The van der Waals surface area contributed by atoms with Gasteiger partial charge in [-0.25, -0.2) is 0 Å². The van der Waals surface area contributed by atoms with E-state index in [2.05, 4.69) is 314 Å². The summed E-state index contributed by atoms with van der Waals surface area (Å²) in [7, 11) is 0. The highest BCUT2D eigenvalue weighted by atomic mass is 15.0. The Bertz CT molecular complexity index is 4330. The van der Waals surface area contributed by atoms with Crippen LogP contribution in [0.4, 0.5) is 0 Å². The molecule has 0 fully saturated rings. The average molecular weight is 1080 g/mol. The Morgan fingerprint density at radius 1 is 0.301 bits per heavy atom. The maximum atomic E-state index is 2.38. The molecule has 0 bridgehead atoms. The molecule has 17 rings (SSSR count). The molecule has 5 aliphatic rings. The summed E-state index contributed by atoms with van der Waals surface area (Å²) in [4.78, 5) is 0. The third-order valence-corrected chi connectivity index (χ3v) is 17.2. The van der Waals surface area contributed by atoms with Gasteiger partial charge in [0.15, 0.2) is 51.0 Å². The topological polar surface area (TPSA) is 15.5 Å². The first-order valence-electron chi connectivity index (χ1n) is 29.5. The minimum absolute atomic E-state index is 0.976. The van der Waals surface area contributed by atoms with Crippen LogP contribution in [0.15, 0.2) is 261 Å². The van der Waals surface area contributed by atoms with Crippen LogP contribution in [0.25, 0.3) is 78.4 Å². The van der Waals surface area contributed by atoms with Crippen LogP contribution >= 0.6 is 0 Å². The number of hydrogen-bond donors (Lipinski definition) is 0. The van der Waals surface area contributed by atoms with Gasteiger partial charge >= 0.3 is 0 Å².